The predicted molar refractivity (Wildman–Crippen MR) is 265 cm³/mol. The van der Waals surface area contributed by atoms with Gasteiger partial charge in [-0.1, -0.05) is 128 Å². The van der Waals surface area contributed by atoms with E-state index in [0.717, 1.165) is 56.0 Å². The normalized spacial score (nSPS) is 12.4. The fourth-order valence-corrected chi connectivity index (χ4v) is 9.75. The lowest BCUT2D eigenvalue weighted by Gasteiger charge is -2.26. The minimum absolute atomic E-state index is 0.812. The minimum Gasteiger partial charge on any atom is -0.313 e. The highest BCUT2D eigenvalue weighted by atomic mass is 32.3. The Morgan fingerprint density at radius 2 is 1.07 bits per heavy atom. The van der Waals surface area contributed by atoms with E-state index in [-0.39, 0.29) is 0 Å². The molecule has 0 aliphatic rings. The van der Waals surface area contributed by atoms with Gasteiger partial charge in [0, 0.05) is 49.9 Å². The number of pyridine rings is 1. The number of fused-ring (bicyclic) bond motifs is 4. The third kappa shape index (κ3) is 6.99. The molecule has 0 unspecified atom stereocenters. The Morgan fingerprint density at radius 3 is 1.70 bits per heavy atom. The van der Waals surface area contributed by atoms with Gasteiger partial charge in [0.05, 0.1) is 27.9 Å². The van der Waals surface area contributed by atoms with Crippen molar-refractivity contribution in [2.24, 2.45) is 0 Å². The summed E-state index contributed by atoms with van der Waals surface area (Å²) in [6.45, 7) is 6.58. The van der Waals surface area contributed by atoms with Crippen LogP contribution in [0.25, 0.3) is 89.4 Å². The number of hydrogen-bond acceptors (Lipinski definition) is 1. The van der Waals surface area contributed by atoms with E-state index in [1.54, 1.807) is 0 Å². The maximum Gasteiger partial charge on any atom is 0.0715 e. The van der Waals surface area contributed by atoms with Gasteiger partial charge in [0.1, 0.15) is 0 Å². The molecule has 0 fully saturated rings. The topological polar surface area (TPSA) is 22.8 Å². The lowest BCUT2D eigenvalue weighted by molar-refractivity contribution is 1.05. The molecule has 0 radical (unpaired) electrons. The molecule has 61 heavy (non-hydrogen) atoms. The van der Waals surface area contributed by atoms with Gasteiger partial charge >= 0.3 is 0 Å². The maximum absolute atomic E-state index is 5.14. The molecular weight excluding hydrogens is 759 g/mol. The first kappa shape index (κ1) is 38.1. The molecule has 0 spiro atoms. The Labute approximate surface area is 359 Å². The summed E-state index contributed by atoms with van der Waals surface area (Å²) in [5, 5.41) is 3.66. The quantitative estimate of drug-likeness (QED) is 0.133. The summed E-state index contributed by atoms with van der Waals surface area (Å²) in [7, 11) is -0.812. The van der Waals surface area contributed by atoms with Crippen LogP contribution in [-0.4, -0.2) is 32.9 Å². The molecule has 296 valence electrons. The van der Waals surface area contributed by atoms with Gasteiger partial charge in [0.15, 0.2) is 0 Å². The van der Waals surface area contributed by atoms with E-state index in [1.165, 1.54) is 49.0 Å². The third-order valence-electron chi connectivity index (χ3n) is 11.9. The van der Waals surface area contributed by atoms with Gasteiger partial charge in [-0.05, 0) is 132 Å². The second-order valence-corrected chi connectivity index (χ2v) is 20.6. The molecule has 3 nitrogen and oxygen atoms in total. The molecule has 0 saturated carbocycles. The van der Waals surface area contributed by atoms with Gasteiger partial charge in [0.25, 0.3) is 0 Å². The average molecular weight is 806 g/mol. The summed E-state index contributed by atoms with van der Waals surface area (Å²) < 4.78 is 4.79. The predicted octanol–water partition coefficient (Wildman–Crippen LogP) is 15.2. The second-order valence-electron chi connectivity index (χ2n) is 16.5. The largest absolute Gasteiger partial charge is 0.313 e. The summed E-state index contributed by atoms with van der Waals surface area (Å²) in [4.78, 5) is 6.55. The highest BCUT2D eigenvalue weighted by Crippen LogP contribution is 2.45. The van der Waals surface area contributed by atoms with E-state index in [0.29, 0.717) is 0 Å². The van der Waals surface area contributed by atoms with Crippen molar-refractivity contribution in [1.29, 1.82) is 0 Å². The molecule has 3 heterocycles. The number of aromatic nitrogens is 3. The third-order valence-corrected chi connectivity index (χ3v) is 13.6. The van der Waals surface area contributed by atoms with Crippen molar-refractivity contribution < 1.29 is 0 Å². The molecule has 3 aromatic heterocycles. The van der Waals surface area contributed by atoms with Gasteiger partial charge in [-0.25, -0.2) is 15.0 Å². The first-order valence-corrected chi connectivity index (χ1v) is 23.6. The summed E-state index contributed by atoms with van der Waals surface area (Å²) in [5.74, 6) is 0. The monoisotopic (exact) mass is 805 g/mol. The van der Waals surface area contributed by atoms with Crippen molar-refractivity contribution in [3.05, 3.63) is 218 Å². The number of allylic oxidation sites excluding steroid dienone is 2. The summed E-state index contributed by atoms with van der Waals surface area (Å²) in [6.07, 6.45) is 11.4. The molecule has 0 atom stereocenters. The van der Waals surface area contributed by atoms with Crippen molar-refractivity contribution in [2.75, 3.05) is 18.8 Å². The van der Waals surface area contributed by atoms with Crippen LogP contribution in [0.15, 0.2) is 206 Å². The maximum atomic E-state index is 5.14. The Balaban J connectivity index is 1.08. The molecule has 7 aromatic carbocycles. The van der Waals surface area contributed by atoms with Crippen LogP contribution < -0.4 is 0 Å². The number of benzene rings is 7. The van der Waals surface area contributed by atoms with Crippen LogP contribution in [0.4, 0.5) is 0 Å². The van der Waals surface area contributed by atoms with Gasteiger partial charge in [0.2, 0.25) is 0 Å². The van der Waals surface area contributed by atoms with Gasteiger partial charge < -0.3 is 9.13 Å². The zero-order valence-electron chi connectivity index (χ0n) is 35.0. The fourth-order valence-electron chi connectivity index (χ4n) is 8.79. The van der Waals surface area contributed by atoms with Crippen molar-refractivity contribution in [1.82, 2.24) is 14.1 Å². The van der Waals surface area contributed by atoms with Gasteiger partial charge in [-0.3, -0.25) is 0 Å². The van der Waals surface area contributed by atoms with Gasteiger partial charge in [-0.15, -0.1) is 0 Å². The van der Waals surface area contributed by atoms with Crippen molar-refractivity contribution in [2.45, 2.75) is 11.8 Å². The van der Waals surface area contributed by atoms with Crippen LogP contribution in [-0.2, 0) is 0 Å². The molecule has 0 amide bonds. The second kappa shape index (κ2) is 15.5. The van der Waals surface area contributed by atoms with Crippen molar-refractivity contribution >= 4 is 54.4 Å². The summed E-state index contributed by atoms with van der Waals surface area (Å²) in [5.41, 5.74) is 16.8. The standard InChI is InChI=1S/C57H47N3S/c1-6-40(44-28-33-57-52(36-44)50-25-14-16-27-56(50)60(57)46-29-31-48(32-30-46)61(3,4)5)35-51-39(2)59(55-26-15-13-24-49(51)55)47-23-17-22-43(34-47)45-37-53(41-18-9-7-10-19-41)58-54(38-45)42-20-11-8-12-21-42/h6-38H,1H2,2-5H3/b40-35+. The van der Waals surface area contributed by atoms with Gasteiger partial charge in [-0.2, -0.15) is 0 Å². The molecule has 0 bridgehead atoms. The van der Waals surface area contributed by atoms with Crippen LogP contribution in [0.2, 0.25) is 0 Å². The van der Waals surface area contributed by atoms with Crippen molar-refractivity contribution in [3.63, 3.8) is 0 Å². The lowest BCUT2D eigenvalue weighted by Crippen LogP contribution is -1.98. The molecule has 0 saturated heterocycles. The highest BCUT2D eigenvalue weighted by molar-refractivity contribution is 8.32. The van der Waals surface area contributed by atoms with Crippen LogP contribution in [0.3, 0.4) is 0 Å². The molecule has 0 aliphatic heterocycles. The van der Waals surface area contributed by atoms with Crippen molar-refractivity contribution in [3.8, 4) is 45.0 Å². The van der Waals surface area contributed by atoms with E-state index < -0.39 is 10.0 Å². The molecule has 0 N–H and O–H groups in total. The first-order chi connectivity index (χ1) is 29.7. The zero-order valence-corrected chi connectivity index (χ0v) is 35.8. The van der Waals surface area contributed by atoms with Crippen LogP contribution in [0, 0.1) is 6.92 Å². The lowest BCUT2D eigenvalue weighted by atomic mass is 9.99. The molecule has 0 aliphatic carbocycles. The van der Waals surface area contributed by atoms with Crippen LogP contribution in [0.5, 0.6) is 0 Å². The summed E-state index contributed by atoms with van der Waals surface area (Å²) >= 11 is 0. The minimum atomic E-state index is -0.812. The SMILES string of the molecule is C=C/C(=C\c1c(C)n(-c2cccc(-c3cc(-c4ccccc4)nc(-c4ccccc4)c3)c2)c2ccccc12)c1ccc2c(c1)c1ccccc1n2-c1ccc(S(C)(C)C)cc1. The Kier molecular flexibility index (Phi) is 9.66. The Morgan fingerprint density at radius 1 is 0.492 bits per heavy atom. The highest BCUT2D eigenvalue weighted by Gasteiger charge is 2.18. The molecular formula is C57H47N3S. The Hall–Kier alpha value is -7.14. The molecule has 10 aromatic rings. The zero-order chi connectivity index (χ0) is 41.7. The molecule has 4 heteroatoms. The van der Waals surface area contributed by atoms with Crippen LogP contribution in [0.1, 0.15) is 16.8 Å². The smallest absolute Gasteiger partial charge is 0.0715 e. The number of nitrogens with zero attached hydrogens (tertiary/aromatic N) is 3. The Bertz CT molecular complexity index is 3230. The first-order valence-electron chi connectivity index (χ1n) is 20.8. The van der Waals surface area contributed by atoms with Crippen LogP contribution >= 0.6 is 10.0 Å². The number of rotatable bonds is 9. The van der Waals surface area contributed by atoms with E-state index in [4.69, 9.17) is 4.98 Å². The number of hydrogen-bond donors (Lipinski definition) is 0. The molecule has 10 rings (SSSR count). The van der Waals surface area contributed by atoms with E-state index in [2.05, 4.69) is 223 Å². The van der Waals surface area contributed by atoms with E-state index in [1.807, 2.05) is 18.2 Å². The average Bonchev–Trinajstić information content (AvgIpc) is 3.78. The number of para-hydroxylation sites is 2. The van der Waals surface area contributed by atoms with E-state index in [9.17, 15) is 0 Å². The fraction of sp³-hybridized carbons (Fsp3) is 0.0702. The summed E-state index contributed by atoms with van der Waals surface area (Å²) in [6, 6.07) is 67.7. The van der Waals surface area contributed by atoms with E-state index >= 15 is 0 Å².